The average Bonchev–Trinajstić information content (AvgIpc) is 3.15. The maximum Gasteiger partial charge on any atom is 0.308 e. The highest BCUT2D eigenvalue weighted by atomic mass is 16.5. The molecule has 2 heterocycles. The highest BCUT2D eigenvalue weighted by Crippen LogP contribution is 2.30. The summed E-state index contributed by atoms with van der Waals surface area (Å²) in [5.41, 5.74) is 3.04. The van der Waals surface area contributed by atoms with Crippen molar-refractivity contribution in [1.29, 1.82) is 0 Å². The first-order chi connectivity index (χ1) is 11.9. The average molecular weight is 338 g/mol. The zero-order valence-electron chi connectivity index (χ0n) is 13.8. The Hall–Kier alpha value is -3.41. The van der Waals surface area contributed by atoms with Crippen LogP contribution in [0, 0.1) is 6.92 Å². The van der Waals surface area contributed by atoms with Crippen LogP contribution in [0.5, 0.6) is 17.2 Å². The van der Waals surface area contributed by atoms with Crippen molar-refractivity contribution in [2.24, 2.45) is 0 Å². The molecule has 0 amide bonds. The van der Waals surface area contributed by atoms with E-state index in [4.69, 9.17) is 9.84 Å². The van der Waals surface area contributed by atoms with Gasteiger partial charge in [-0.1, -0.05) is 0 Å². The Balaban J connectivity index is 0.000000150. The van der Waals surface area contributed by atoms with Gasteiger partial charge >= 0.3 is 5.97 Å². The molecule has 0 spiro atoms. The SMILES string of the molecule is CC(=O)Oc1cc2cc[nH]c2cc1O.Cc1c[nH]c2ccc(O)cc12. The lowest BCUT2D eigenvalue weighted by molar-refractivity contribution is -0.132. The predicted octanol–water partition coefficient (Wildman–Crippen LogP) is 3.98. The normalized spacial score (nSPS) is 10.5. The standard InChI is InChI=1S/C10H9NO3.C9H9NO/c1-6(12)14-10-4-7-2-3-11-8(7)5-9(10)13;1-6-5-10-9-3-2-7(11)4-8(6)9/h2-5,11,13H,1H3;2-5,10-11H,1H3. The Morgan fingerprint density at radius 3 is 2.60 bits per heavy atom. The van der Waals surface area contributed by atoms with Crippen molar-refractivity contribution in [2.45, 2.75) is 13.8 Å². The summed E-state index contributed by atoms with van der Waals surface area (Å²) in [7, 11) is 0. The molecular weight excluding hydrogens is 320 g/mol. The molecule has 0 fully saturated rings. The quantitative estimate of drug-likeness (QED) is 0.312. The summed E-state index contributed by atoms with van der Waals surface area (Å²) in [6, 6.07) is 10.3. The molecule has 2 aromatic heterocycles. The molecule has 4 aromatic rings. The molecule has 0 aliphatic heterocycles. The van der Waals surface area contributed by atoms with E-state index in [1.165, 1.54) is 13.0 Å². The third-order valence-electron chi connectivity index (χ3n) is 3.76. The van der Waals surface area contributed by atoms with E-state index in [0.717, 1.165) is 27.4 Å². The van der Waals surface area contributed by atoms with Gasteiger partial charge in [0.25, 0.3) is 0 Å². The lowest BCUT2D eigenvalue weighted by Gasteiger charge is -2.03. The van der Waals surface area contributed by atoms with E-state index in [2.05, 4.69) is 9.97 Å². The van der Waals surface area contributed by atoms with E-state index in [-0.39, 0.29) is 11.5 Å². The first kappa shape index (κ1) is 16.4. The summed E-state index contributed by atoms with van der Waals surface area (Å²) in [5, 5.41) is 20.6. The minimum atomic E-state index is -0.449. The van der Waals surface area contributed by atoms with Crippen LogP contribution in [0.15, 0.2) is 48.8 Å². The number of hydrogen-bond acceptors (Lipinski definition) is 4. The number of aromatic nitrogens is 2. The molecule has 6 nitrogen and oxygen atoms in total. The van der Waals surface area contributed by atoms with Gasteiger partial charge in [-0.3, -0.25) is 4.79 Å². The molecule has 0 radical (unpaired) electrons. The number of aromatic hydroxyl groups is 2. The number of fused-ring (bicyclic) bond motifs is 2. The molecule has 0 saturated heterocycles. The fraction of sp³-hybridized carbons (Fsp3) is 0.105. The van der Waals surface area contributed by atoms with Crippen LogP contribution in [0.3, 0.4) is 0 Å². The predicted molar refractivity (Wildman–Crippen MR) is 96.0 cm³/mol. The molecule has 4 N–H and O–H groups in total. The van der Waals surface area contributed by atoms with E-state index in [1.54, 1.807) is 24.4 Å². The van der Waals surface area contributed by atoms with Crippen LogP contribution < -0.4 is 4.74 Å². The number of hydrogen-bond donors (Lipinski definition) is 4. The van der Waals surface area contributed by atoms with Crippen LogP contribution in [0.4, 0.5) is 0 Å². The fourth-order valence-corrected chi connectivity index (χ4v) is 2.55. The number of aromatic amines is 2. The Morgan fingerprint density at radius 1 is 1.04 bits per heavy atom. The smallest absolute Gasteiger partial charge is 0.308 e. The number of nitrogens with one attached hydrogen (secondary N) is 2. The second kappa shape index (κ2) is 6.60. The molecule has 0 atom stereocenters. The number of carbonyl (C=O) groups excluding carboxylic acids is 1. The number of phenols is 2. The number of benzene rings is 2. The minimum Gasteiger partial charge on any atom is -0.508 e. The molecule has 0 unspecified atom stereocenters. The number of ether oxygens (including phenoxy) is 1. The zero-order valence-corrected chi connectivity index (χ0v) is 13.8. The van der Waals surface area contributed by atoms with Crippen molar-refractivity contribution in [3.8, 4) is 17.2 Å². The van der Waals surface area contributed by atoms with Gasteiger partial charge in [0.05, 0.1) is 0 Å². The van der Waals surface area contributed by atoms with Crippen molar-refractivity contribution in [3.05, 3.63) is 54.4 Å². The lowest BCUT2D eigenvalue weighted by Crippen LogP contribution is -2.01. The summed E-state index contributed by atoms with van der Waals surface area (Å²) in [5.74, 6) is 0.00938. The second-order valence-corrected chi connectivity index (χ2v) is 5.68. The van der Waals surface area contributed by atoms with E-state index < -0.39 is 5.97 Å². The third kappa shape index (κ3) is 3.58. The van der Waals surface area contributed by atoms with Gasteiger partial charge in [-0.05, 0) is 42.8 Å². The van der Waals surface area contributed by atoms with E-state index in [0.29, 0.717) is 5.75 Å². The highest BCUT2D eigenvalue weighted by molar-refractivity contribution is 5.85. The Labute approximate surface area is 143 Å². The molecule has 25 heavy (non-hydrogen) atoms. The zero-order chi connectivity index (χ0) is 18.0. The van der Waals surface area contributed by atoms with Crippen molar-refractivity contribution < 1.29 is 19.7 Å². The number of phenolic OH excluding ortho intramolecular Hbond substituents is 2. The van der Waals surface area contributed by atoms with E-state index in [9.17, 15) is 9.90 Å². The van der Waals surface area contributed by atoms with Crippen LogP contribution in [-0.2, 0) is 4.79 Å². The van der Waals surface area contributed by atoms with Gasteiger partial charge in [-0.25, -0.2) is 0 Å². The summed E-state index contributed by atoms with van der Waals surface area (Å²) in [4.78, 5) is 16.7. The maximum absolute atomic E-state index is 10.7. The van der Waals surface area contributed by atoms with Crippen molar-refractivity contribution in [3.63, 3.8) is 0 Å². The molecule has 6 heteroatoms. The van der Waals surface area contributed by atoms with Crippen LogP contribution in [-0.4, -0.2) is 26.2 Å². The van der Waals surface area contributed by atoms with Gasteiger partial charge in [0.2, 0.25) is 0 Å². The third-order valence-corrected chi connectivity index (χ3v) is 3.76. The largest absolute Gasteiger partial charge is 0.508 e. The van der Waals surface area contributed by atoms with Crippen LogP contribution >= 0.6 is 0 Å². The highest BCUT2D eigenvalue weighted by Gasteiger charge is 2.07. The van der Waals surface area contributed by atoms with Gasteiger partial charge in [0.1, 0.15) is 5.75 Å². The first-order valence-electron chi connectivity index (χ1n) is 7.69. The van der Waals surface area contributed by atoms with Crippen LogP contribution in [0.25, 0.3) is 21.8 Å². The Morgan fingerprint density at radius 2 is 1.84 bits per heavy atom. The number of H-pyrrole nitrogens is 2. The number of esters is 1. The molecule has 0 saturated carbocycles. The Kier molecular flexibility index (Phi) is 4.35. The monoisotopic (exact) mass is 338 g/mol. The lowest BCUT2D eigenvalue weighted by atomic mass is 10.2. The van der Waals surface area contributed by atoms with Gasteiger partial charge in [-0.2, -0.15) is 0 Å². The van der Waals surface area contributed by atoms with Crippen molar-refractivity contribution in [2.75, 3.05) is 0 Å². The summed E-state index contributed by atoms with van der Waals surface area (Å²) >= 11 is 0. The number of carbonyl (C=O) groups is 1. The second-order valence-electron chi connectivity index (χ2n) is 5.68. The fourth-order valence-electron chi connectivity index (χ4n) is 2.55. The van der Waals surface area contributed by atoms with Gasteiger partial charge < -0.3 is 24.9 Å². The number of aryl methyl sites for hydroxylation is 1. The van der Waals surface area contributed by atoms with Crippen molar-refractivity contribution >= 4 is 27.8 Å². The molecular formula is C19H18N2O4. The molecule has 0 bridgehead atoms. The van der Waals surface area contributed by atoms with Gasteiger partial charge in [0, 0.05) is 47.2 Å². The summed E-state index contributed by atoms with van der Waals surface area (Å²) in [6.45, 7) is 3.30. The Bertz CT molecular complexity index is 1050. The molecule has 4 rings (SSSR count). The van der Waals surface area contributed by atoms with Crippen LogP contribution in [0.1, 0.15) is 12.5 Å². The summed E-state index contributed by atoms with van der Waals surface area (Å²) in [6.07, 6.45) is 3.69. The first-order valence-corrected chi connectivity index (χ1v) is 7.69. The van der Waals surface area contributed by atoms with Crippen molar-refractivity contribution in [1.82, 2.24) is 9.97 Å². The van der Waals surface area contributed by atoms with Crippen LogP contribution in [0.2, 0.25) is 0 Å². The number of rotatable bonds is 1. The summed E-state index contributed by atoms with van der Waals surface area (Å²) < 4.78 is 4.82. The van der Waals surface area contributed by atoms with E-state index in [1.807, 2.05) is 25.3 Å². The molecule has 2 aromatic carbocycles. The van der Waals surface area contributed by atoms with E-state index >= 15 is 0 Å². The molecule has 128 valence electrons. The molecule has 0 aliphatic rings. The van der Waals surface area contributed by atoms with Gasteiger partial charge in [-0.15, -0.1) is 0 Å². The molecule has 0 aliphatic carbocycles. The maximum atomic E-state index is 10.7. The van der Waals surface area contributed by atoms with Gasteiger partial charge in [0.15, 0.2) is 11.5 Å². The topological polar surface area (TPSA) is 98.3 Å². The minimum absolute atomic E-state index is 0.0462.